The van der Waals surface area contributed by atoms with Gasteiger partial charge in [-0.1, -0.05) is 89.1 Å². The molecule has 0 bridgehead atoms. The van der Waals surface area contributed by atoms with Crippen molar-refractivity contribution in [3.8, 4) is 5.75 Å². The van der Waals surface area contributed by atoms with E-state index in [0.29, 0.717) is 5.75 Å². The number of hydrogen-bond donors (Lipinski definition) is 1. The topological polar surface area (TPSA) is 20.2 Å². The van der Waals surface area contributed by atoms with Crippen LogP contribution in [0.1, 0.15) is 87.4 Å². The highest BCUT2D eigenvalue weighted by Crippen LogP contribution is 2.37. The van der Waals surface area contributed by atoms with Gasteiger partial charge in [0.25, 0.3) is 0 Å². The van der Waals surface area contributed by atoms with Crippen molar-refractivity contribution in [2.24, 2.45) is 0 Å². The van der Waals surface area contributed by atoms with Crippen molar-refractivity contribution >= 4 is 6.08 Å². The molecule has 1 heteroatoms. The van der Waals surface area contributed by atoms with Crippen LogP contribution in [0.5, 0.6) is 5.75 Å². The lowest BCUT2D eigenvalue weighted by Gasteiger charge is -2.26. The summed E-state index contributed by atoms with van der Waals surface area (Å²) >= 11 is 0. The Hall–Kier alpha value is -2.02. The van der Waals surface area contributed by atoms with Gasteiger partial charge in [-0.05, 0) is 59.4 Å². The lowest BCUT2D eigenvalue weighted by molar-refractivity contribution is 0.441. The standard InChI is InChI=1S/C26H36O/c1-10-11-21-19(12-17(2)14-22(21)25(4,5)6)16-20-13-18(3)15-23(24(20)27)26(7,8)9/h10-15,27H,16H2,1-9H3. The second-order valence-electron chi connectivity index (χ2n) is 9.88. The zero-order valence-electron chi connectivity index (χ0n) is 18.6. The van der Waals surface area contributed by atoms with Crippen molar-refractivity contribution in [1.82, 2.24) is 0 Å². The molecule has 0 radical (unpaired) electrons. The SMILES string of the molecule is CC=Cc1c(Cc2cc(C)cc(C(C)(C)C)c2O)cc(C)cc1C(C)(C)C. The number of rotatable bonds is 3. The van der Waals surface area contributed by atoms with Gasteiger partial charge in [-0.3, -0.25) is 0 Å². The molecule has 0 saturated carbocycles. The predicted octanol–water partition coefficient (Wildman–Crippen LogP) is 7.23. The Bertz CT molecular complexity index is 855. The molecule has 0 amide bonds. The van der Waals surface area contributed by atoms with E-state index in [0.717, 1.165) is 17.5 Å². The molecule has 0 unspecified atom stereocenters. The van der Waals surface area contributed by atoms with Crippen LogP contribution in [0.15, 0.2) is 30.3 Å². The highest BCUT2D eigenvalue weighted by atomic mass is 16.3. The smallest absolute Gasteiger partial charge is 0.122 e. The zero-order chi connectivity index (χ0) is 20.6. The third kappa shape index (κ3) is 4.83. The summed E-state index contributed by atoms with van der Waals surface area (Å²) in [6, 6.07) is 8.81. The maximum Gasteiger partial charge on any atom is 0.122 e. The highest BCUT2D eigenvalue weighted by molar-refractivity contribution is 5.62. The van der Waals surface area contributed by atoms with Gasteiger partial charge in [-0.25, -0.2) is 0 Å². The zero-order valence-corrected chi connectivity index (χ0v) is 18.6. The van der Waals surface area contributed by atoms with E-state index in [9.17, 15) is 5.11 Å². The second kappa shape index (κ2) is 7.54. The lowest BCUT2D eigenvalue weighted by Crippen LogP contribution is -2.15. The van der Waals surface area contributed by atoms with E-state index in [1.54, 1.807) is 0 Å². The summed E-state index contributed by atoms with van der Waals surface area (Å²) in [7, 11) is 0. The number of allylic oxidation sites excluding steroid dienone is 1. The maximum absolute atomic E-state index is 11.0. The van der Waals surface area contributed by atoms with Crippen molar-refractivity contribution in [1.29, 1.82) is 0 Å². The normalized spacial score (nSPS) is 12.8. The molecule has 0 fully saturated rings. The minimum Gasteiger partial charge on any atom is -0.507 e. The Morgan fingerprint density at radius 3 is 1.74 bits per heavy atom. The fraction of sp³-hybridized carbons (Fsp3) is 0.462. The molecule has 27 heavy (non-hydrogen) atoms. The minimum atomic E-state index is -0.0832. The van der Waals surface area contributed by atoms with Crippen LogP contribution in [0.2, 0.25) is 0 Å². The van der Waals surface area contributed by atoms with Crippen LogP contribution in [0.25, 0.3) is 6.08 Å². The fourth-order valence-electron chi connectivity index (χ4n) is 3.77. The first kappa shape index (κ1) is 21.3. The van der Waals surface area contributed by atoms with E-state index in [2.05, 4.69) is 98.7 Å². The first-order valence-corrected chi connectivity index (χ1v) is 9.94. The summed E-state index contributed by atoms with van der Waals surface area (Å²) in [5.41, 5.74) is 8.41. The van der Waals surface area contributed by atoms with Crippen LogP contribution in [-0.2, 0) is 17.3 Å². The van der Waals surface area contributed by atoms with Crippen LogP contribution in [-0.4, -0.2) is 5.11 Å². The van der Waals surface area contributed by atoms with Gasteiger partial charge in [0.2, 0.25) is 0 Å². The Kier molecular flexibility index (Phi) is 5.94. The number of benzene rings is 2. The molecule has 0 heterocycles. The first-order valence-electron chi connectivity index (χ1n) is 9.94. The third-order valence-corrected chi connectivity index (χ3v) is 5.07. The third-order valence-electron chi connectivity index (χ3n) is 5.07. The summed E-state index contributed by atoms with van der Waals surface area (Å²) in [4.78, 5) is 0. The van der Waals surface area contributed by atoms with E-state index < -0.39 is 0 Å². The monoisotopic (exact) mass is 364 g/mol. The Morgan fingerprint density at radius 2 is 1.26 bits per heavy atom. The molecule has 0 aliphatic rings. The number of aryl methyl sites for hydroxylation is 2. The van der Waals surface area contributed by atoms with Crippen molar-refractivity contribution < 1.29 is 5.11 Å². The van der Waals surface area contributed by atoms with Crippen molar-refractivity contribution in [2.75, 3.05) is 0 Å². The highest BCUT2D eigenvalue weighted by Gasteiger charge is 2.23. The number of phenols is 1. The molecular weight excluding hydrogens is 328 g/mol. The van der Waals surface area contributed by atoms with Gasteiger partial charge in [0, 0.05) is 6.42 Å². The average molecular weight is 365 g/mol. The number of phenolic OH excluding ortho intramolecular Hbond substituents is 1. The van der Waals surface area contributed by atoms with Gasteiger partial charge in [0.15, 0.2) is 0 Å². The molecule has 0 aliphatic carbocycles. The summed E-state index contributed by atoms with van der Waals surface area (Å²) < 4.78 is 0. The van der Waals surface area contributed by atoms with Crippen LogP contribution in [0.3, 0.4) is 0 Å². The van der Waals surface area contributed by atoms with Crippen LogP contribution in [0, 0.1) is 13.8 Å². The minimum absolute atomic E-state index is 0.0703. The molecule has 0 atom stereocenters. The van der Waals surface area contributed by atoms with Gasteiger partial charge < -0.3 is 5.11 Å². The van der Waals surface area contributed by atoms with Crippen molar-refractivity contribution in [3.63, 3.8) is 0 Å². The van der Waals surface area contributed by atoms with Crippen LogP contribution < -0.4 is 0 Å². The lowest BCUT2D eigenvalue weighted by atomic mass is 9.79. The maximum atomic E-state index is 11.0. The van der Waals surface area contributed by atoms with Crippen LogP contribution >= 0.6 is 0 Å². The Morgan fingerprint density at radius 1 is 0.778 bits per heavy atom. The molecule has 146 valence electrons. The average Bonchev–Trinajstić information content (AvgIpc) is 2.50. The summed E-state index contributed by atoms with van der Waals surface area (Å²) in [5.74, 6) is 0.443. The number of aromatic hydroxyl groups is 1. The molecule has 2 aromatic carbocycles. The summed E-state index contributed by atoms with van der Waals surface area (Å²) in [6.07, 6.45) is 5.06. The molecular formula is C26H36O. The van der Waals surface area contributed by atoms with E-state index in [4.69, 9.17) is 0 Å². The summed E-state index contributed by atoms with van der Waals surface area (Å²) in [5, 5.41) is 11.0. The Balaban J connectivity index is 2.68. The molecule has 1 nitrogen and oxygen atoms in total. The molecule has 2 aromatic rings. The fourth-order valence-corrected chi connectivity index (χ4v) is 3.77. The summed E-state index contributed by atoms with van der Waals surface area (Å²) in [6.45, 7) is 19.6. The van der Waals surface area contributed by atoms with Gasteiger partial charge in [0.1, 0.15) is 5.75 Å². The Labute approximate surface area is 166 Å². The predicted molar refractivity (Wildman–Crippen MR) is 119 cm³/mol. The van der Waals surface area contributed by atoms with Crippen LogP contribution in [0.4, 0.5) is 0 Å². The van der Waals surface area contributed by atoms with E-state index in [-0.39, 0.29) is 10.8 Å². The van der Waals surface area contributed by atoms with Gasteiger partial charge >= 0.3 is 0 Å². The van der Waals surface area contributed by atoms with Gasteiger partial charge in [0.05, 0.1) is 0 Å². The molecule has 0 aromatic heterocycles. The van der Waals surface area contributed by atoms with E-state index >= 15 is 0 Å². The van der Waals surface area contributed by atoms with Gasteiger partial charge in [-0.2, -0.15) is 0 Å². The van der Waals surface area contributed by atoms with Gasteiger partial charge in [-0.15, -0.1) is 0 Å². The first-order chi connectivity index (χ1) is 12.3. The molecule has 1 N–H and O–H groups in total. The largest absolute Gasteiger partial charge is 0.507 e. The number of hydrogen-bond acceptors (Lipinski definition) is 1. The molecule has 0 saturated heterocycles. The van der Waals surface area contributed by atoms with Crippen molar-refractivity contribution in [2.45, 2.75) is 79.6 Å². The van der Waals surface area contributed by atoms with Crippen molar-refractivity contribution in [3.05, 3.63) is 69.3 Å². The molecule has 2 rings (SSSR count). The van der Waals surface area contributed by atoms with E-state index in [1.807, 2.05) is 0 Å². The molecule has 0 aliphatic heterocycles. The quantitative estimate of drug-likeness (QED) is 0.609. The van der Waals surface area contributed by atoms with E-state index in [1.165, 1.54) is 27.8 Å². The second-order valence-corrected chi connectivity index (χ2v) is 9.88. The molecule has 0 spiro atoms.